The molecular formula is C29H31N7O. The highest BCUT2D eigenvalue weighted by atomic mass is 16.1. The molecule has 5 rings (SSSR count). The molecule has 0 saturated carbocycles. The van der Waals surface area contributed by atoms with E-state index in [9.17, 15) is 4.79 Å². The topological polar surface area (TPSA) is 86.3 Å². The number of hydrogen-bond donors (Lipinski definition) is 2. The average molecular weight is 496 g/mol. The summed E-state index contributed by atoms with van der Waals surface area (Å²) in [5.41, 5.74) is 6.08. The number of carbonyl (C=O) groups is 1. The molecule has 0 aliphatic carbocycles. The smallest absolute Gasteiger partial charge is 0.255 e. The molecular weight excluding hydrogens is 464 g/mol. The second-order valence-corrected chi connectivity index (χ2v) is 9.39. The predicted octanol–water partition coefficient (Wildman–Crippen LogP) is 4.59. The molecule has 0 unspecified atom stereocenters. The number of rotatable bonds is 7. The van der Waals surface area contributed by atoms with E-state index in [1.165, 1.54) is 5.56 Å². The minimum Gasteiger partial charge on any atom is -0.324 e. The Labute approximate surface area is 217 Å². The van der Waals surface area contributed by atoms with Gasteiger partial charge in [0.05, 0.1) is 5.69 Å². The Kier molecular flexibility index (Phi) is 7.49. The second-order valence-electron chi connectivity index (χ2n) is 9.39. The zero-order chi connectivity index (χ0) is 25.6. The fourth-order valence-electron chi connectivity index (χ4n) is 4.28. The monoisotopic (exact) mass is 495 g/mol. The SMILES string of the molecule is Cc1ccc(NC(=O)c2ccc(CN3CCN(C)CC3)cc2)cc1N[14c]1nccc(-c2cccnc2)n1. The highest BCUT2D eigenvalue weighted by molar-refractivity contribution is 6.04. The molecule has 188 valence electrons. The Morgan fingerprint density at radius 1 is 1.00 bits per heavy atom. The Balaban J connectivity index is 1.24. The molecule has 1 saturated heterocycles. The van der Waals surface area contributed by atoms with E-state index >= 15 is 0 Å². The fourth-order valence-corrected chi connectivity index (χ4v) is 4.28. The zero-order valence-electron chi connectivity index (χ0n) is 21.2. The van der Waals surface area contributed by atoms with Crippen molar-refractivity contribution in [2.75, 3.05) is 43.9 Å². The quantitative estimate of drug-likeness (QED) is 0.388. The molecule has 8 nitrogen and oxygen atoms in total. The van der Waals surface area contributed by atoms with Gasteiger partial charge in [0.2, 0.25) is 5.95 Å². The number of carbonyl (C=O) groups excluding carboxylic acids is 1. The lowest BCUT2D eigenvalue weighted by Crippen LogP contribution is -2.43. The van der Waals surface area contributed by atoms with Crippen LogP contribution in [0.2, 0.25) is 0 Å². The first-order valence-corrected chi connectivity index (χ1v) is 12.5. The van der Waals surface area contributed by atoms with Gasteiger partial charge in [-0.3, -0.25) is 14.7 Å². The van der Waals surface area contributed by atoms with Crippen LogP contribution in [0.15, 0.2) is 79.3 Å². The number of benzene rings is 2. The van der Waals surface area contributed by atoms with Crippen LogP contribution in [-0.4, -0.2) is 63.9 Å². The largest absolute Gasteiger partial charge is 0.324 e. The molecule has 1 fully saturated rings. The van der Waals surface area contributed by atoms with Crippen molar-refractivity contribution in [2.24, 2.45) is 0 Å². The lowest BCUT2D eigenvalue weighted by Gasteiger charge is -2.32. The van der Waals surface area contributed by atoms with E-state index in [4.69, 9.17) is 0 Å². The number of amides is 1. The standard InChI is InChI=1S/C29H31N7O/c1-21-5-10-25(18-27(21)34-29-31-13-11-26(33-29)24-4-3-12-30-19-24)32-28(37)23-8-6-22(7-9-23)20-36-16-14-35(2)15-17-36/h3-13,18-19H,14-17,20H2,1-2H3,(H,32,37)(H,31,33,34)/i29+2. The maximum absolute atomic E-state index is 12.9. The molecule has 0 bridgehead atoms. The molecule has 3 heterocycles. The number of aryl methyl sites for hydroxylation is 1. The molecule has 37 heavy (non-hydrogen) atoms. The summed E-state index contributed by atoms with van der Waals surface area (Å²) in [6.45, 7) is 7.24. The second kappa shape index (κ2) is 11.3. The van der Waals surface area contributed by atoms with E-state index < -0.39 is 0 Å². The first-order valence-electron chi connectivity index (χ1n) is 12.5. The summed E-state index contributed by atoms with van der Waals surface area (Å²) < 4.78 is 0. The van der Waals surface area contributed by atoms with Gasteiger partial charge in [0.1, 0.15) is 0 Å². The molecule has 2 aromatic heterocycles. The van der Waals surface area contributed by atoms with Gasteiger partial charge in [-0.05, 0) is 67.6 Å². The molecule has 1 amide bonds. The summed E-state index contributed by atoms with van der Waals surface area (Å²) in [7, 11) is 2.16. The number of pyridine rings is 1. The minimum atomic E-state index is -0.143. The number of likely N-dealkylation sites (N-methyl/N-ethyl adjacent to an activating group) is 1. The van der Waals surface area contributed by atoms with Crippen LogP contribution in [0.5, 0.6) is 0 Å². The van der Waals surface area contributed by atoms with Crippen LogP contribution in [0.4, 0.5) is 17.3 Å². The Bertz CT molecular complexity index is 1350. The van der Waals surface area contributed by atoms with Crippen LogP contribution in [-0.2, 0) is 6.54 Å². The molecule has 2 aromatic carbocycles. The number of aromatic nitrogens is 3. The number of anilines is 3. The molecule has 1 aliphatic rings. The third kappa shape index (κ3) is 6.35. The van der Waals surface area contributed by atoms with Crippen molar-refractivity contribution in [3.8, 4) is 11.3 Å². The summed E-state index contributed by atoms with van der Waals surface area (Å²) in [5.74, 6) is 0.333. The van der Waals surface area contributed by atoms with E-state index in [1.54, 1.807) is 18.6 Å². The fraction of sp³-hybridized carbons (Fsp3) is 0.241. The lowest BCUT2D eigenvalue weighted by atomic mass is 10.1. The molecule has 8 heteroatoms. The molecule has 1 aliphatic heterocycles. The van der Waals surface area contributed by atoms with E-state index in [-0.39, 0.29) is 5.91 Å². The zero-order valence-corrected chi connectivity index (χ0v) is 21.2. The van der Waals surface area contributed by atoms with Crippen LogP contribution in [0.3, 0.4) is 0 Å². The Morgan fingerprint density at radius 2 is 1.81 bits per heavy atom. The van der Waals surface area contributed by atoms with E-state index in [2.05, 4.69) is 42.4 Å². The summed E-state index contributed by atoms with van der Waals surface area (Å²) in [5, 5.41) is 6.29. The maximum Gasteiger partial charge on any atom is 0.255 e. The van der Waals surface area contributed by atoms with Crippen LogP contribution in [0.25, 0.3) is 11.3 Å². The van der Waals surface area contributed by atoms with E-state index in [1.807, 2.05) is 67.6 Å². The van der Waals surface area contributed by atoms with Crippen LogP contribution in [0, 0.1) is 6.92 Å². The normalized spacial score (nSPS) is 14.3. The van der Waals surface area contributed by atoms with Crippen molar-refractivity contribution in [3.63, 3.8) is 0 Å². The highest BCUT2D eigenvalue weighted by Gasteiger charge is 2.14. The predicted molar refractivity (Wildman–Crippen MR) is 147 cm³/mol. The van der Waals surface area contributed by atoms with Gasteiger partial charge in [-0.15, -0.1) is 0 Å². The first-order chi connectivity index (χ1) is 18.0. The van der Waals surface area contributed by atoms with Crippen molar-refractivity contribution in [1.82, 2.24) is 24.8 Å². The Morgan fingerprint density at radius 3 is 2.57 bits per heavy atom. The number of nitrogens with one attached hydrogen (secondary N) is 2. The number of nitrogens with zero attached hydrogens (tertiary/aromatic N) is 5. The Hall–Kier alpha value is -4.14. The highest BCUT2D eigenvalue weighted by Crippen LogP contribution is 2.24. The third-order valence-electron chi connectivity index (χ3n) is 6.57. The summed E-state index contributed by atoms with van der Waals surface area (Å²) in [4.78, 5) is 30.9. The van der Waals surface area contributed by atoms with Crippen molar-refractivity contribution in [1.29, 1.82) is 0 Å². The van der Waals surface area contributed by atoms with Crippen molar-refractivity contribution >= 4 is 23.2 Å². The molecule has 0 radical (unpaired) electrons. The van der Waals surface area contributed by atoms with Crippen LogP contribution in [0.1, 0.15) is 21.5 Å². The van der Waals surface area contributed by atoms with Gasteiger partial charge >= 0.3 is 0 Å². The first kappa shape index (κ1) is 24.5. The summed E-state index contributed by atoms with van der Waals surface area (Å²) >= 11 is 0. The molecule has 0 spiro atoms. The van der Waals surface area contributed by atoms with Gasteiger partial charge < -0.3 is 15.5 Å². The van der Waals surface area contributed by atoms with Gasteiger partial charge in [0.15, 0.2) is 0 Å². The van der Waals surface area contributed by atoms with Gasteiger partial charge in [0.25, 0.3) is 5.91 Å². The van der Waals surface area contributed by atoms with Crippen molar-refractivity contribution < 1.29 is 4.79 Å². The average Bonchev–Trinajstić information content (AvgIpc) is 2.93. The van der Waals surface area contributed by atoms with Crippen molar-refractivity contribution in [2.45, 2.75) is 13.5 Å². The molecule has 0 atom stereocenters. The van der Waals surface area contributed by atoms with Gasteiger partial charge in [-0.25, -0.2) is 9.97 Å². The van der Waals surface area contributed by atoms with Gasteiger partial charge in [-0.1, -0.05) is 18.2 Å². The van der Waals surface area contributed by atoms with Gasteiger partial charge in [-0.2, -0.15) is 0 Å². The van der Waals surface area contributed by atoms with Gasteiger partial charge in [0, 0.05) is 73.8 Å². The minimum absolute atomic E-state index is 0.143. The number of piperazine rings is 1. The molecule has 2 N–H and O–H groups in total. The van der Waals surface area contributed by atoms with E-state index in [0.29, 0.717) is 17.2 Å². The van der Waals surface area contributed by atoms with Crippen LogP contribution < -0.4 is 10.6 Å². The lowest BCUT2D eigenvalue weighted by molar-refractivity contribution is 0.102. The summed E-state index contributed by atoms with van der Waals surface area (Å²) in [6.07, 6.45) is 5.22. The maximum atomic E-state index is 12.9. The summed E-state index contributed by atoms with van der Waals surface area (Å²) in [6, 6.07) is 19.3. The van der Waals surface area contributed by atoms with Crippen molar-refractivity contribution in [3.05, 3.63) is 95.9 Å². The molecule has 4 aromatic rings. The van der Waals surface area contributed by atoms with Crippen LogP contribution >= 0.6 is 0 Å². The third-order valence-corrected chi connectivity index (χ3v) is 6.57. The van der Waals surface area contributed by atoms with E-state index in [0.717, 1.165) is 55.2 Å². The number of hydrogen-bond acceptors (Lipinski definition) is 7.